The van der Waals surface area contributed by atoms with Crippen molar-refractivity contribution >= 4 is 15.9 Å². The molecule has 96 valence electrons. The number of alkyl halides is 1. The lowest BCUT2D eigenvalue weighted by atomic mass is 10.2. The summed E-state index contributed by atoms with van der Waals surface area (Å²) in [6, 6.07) is 6.64. The van der Waals surface area contributed by atoms with Crippen LogP contribution in [0.4, 0.5) is 4.39 Å². The number of benzene rings is 1. The quantitative estimate of drug-likeness (QED) is 0.810. The van der Waals surface area contributed by atoms with Crippen molar-refractivity contribution in [2.24, 2.45) is 7.05 Å². The van der Waals surface area contributed by atoms with E-state index in [1.807, 2.05) is 26.1 Å². The van der Waals surface area contributed by atoms with Gasteiger partial charge >= 0.3 is 0 Å². The van der Waals surface area contributed by atoms with E-state index in [2.05, 4.69) is 21.0 Å². The molecule has 0 saturated carbocycles. The molecule has 0 radical (unpaired) electrons. The molecule has 0 unspecified atom stereocenters. The Morgan fingerprint density at radius 2 is 2.11 bits per heavy atom. The lowest BCUT2D eigenvalue weighted by Gasteiger charge is -2.08. The van der Waals surface area contributed by atoms with Gasteiger partial charge in [-0.2, -0.15) is 5.10 Å². The number of halogens is 2. The standard InChI is InChI=1S/C13H14BrFN2O/c1-9-3-12(17(2)16-9)8-18-13-5-10(7-14)4-11(15)6-13/h3-6H,7-8H2,1-2H3. The summed E-state index contributed by atoms with van der Waals surface area (Å²) in [6.45, 7) is 2.30. The van der Waals surface area contributed by atoms with Crippen LogP contribution >= 0.6 is 15.9 Å². The van der Waals surface area contributed by atoms with E-state index in [1.165, 1.54) is 12.1 Å². The Bertz CT molecular complexity index is 554. The zero-order chi connectivity index (χ0) is 13.1. The Labute approximate surface area is 114 Å². The molecule has 0 fully saturated rings. The van der Waals surface area contributed by atoms with Gasteiger partial charge in [-0.3, -0.25) is 4.68 Å². The number of rotatable bonds is 4. The van der Waals surface area contributed by atoms with Gasteiger partial charge < -0.3 is 4.74 Å². The third-order valence-corrected chi connectivity index (χ3v) is 3.22. The van der Waals surface area contributed by atoms with Crippen molar-refractivity contribution in [3.8, 4) is 5.75 Å². The van der Waals surface area contributed by atoms with Crippen LogP contribution in [0, 0.1) is 12.7 Å². The van der Waals surface area contributed by atoms with Crippen LogP contribution in [0.25, 0.3) is 0 Å². The van der Waals surface area contributed by atoms with Gasteiger partial charge in [-0.15, -0.1) is 0 Å². The highest BCUT2D eigenvalue weighted by molar-refractivity contribution is 9.08. The Morgan fingerprint density at radius 1 is 1.33 bits per heavy atom. The van der Waals surface area contributed by atoms with Gasteiger partial charge in [-0.25, -0.2) is 4.39 Å². The summed E-state index contributed by atoms with van der Waals surface area (Å²) in [7, 11) is 1.86. The summed E-state index contributed by atoms with van der Waals surface area (Å²) < 4.78 is 20.7. The van der Waals surface area contributed by atoms with Gasteiger partial charge in [0.25, 0.3) is 0 Å². The van der Waals surface area contributed by atoms with Gasteiger partial charge in [0.15, 0.2) is 0 Å². The van der Waals surface area contributed by atoms with Crippen molar-refractivity contribution in [3.05, 3.63) is 47.0 Å². The number of hydrogen-bond acceptors (Lipinski definition) is 2. The third-order valence-electron chi connectivity index (χ3n) is 2.57. The van der Waals surface area contributed by atoms with Crippen LogP contribution in [0.1, 0.15) is 17.0 Å². The average molecular weight is 313 g/mol. The molecule has 1 heterocycles. The van der Waals surface area contributed by atoms with Gasteiger partial charge in [0.05, 0.1) is 11.4 Å². The molecule has 1 aromatic heterocycles. The van der Waals surface area contributed by atoms with E-state index in [1.54, 1.807) is 4.68 Å². The smallest absolute Gasteiger partial charge is 0.130 e. The lowest BCUT2D eigenvalue weighted by molar-refractivity contribution is 0.293. The largest absolute Gasteiger partial charge is 0.487 e. The van der Waals surface area contributed by atoms with Gasteiger partial charge in [0.1, 0.15) is 18.2 Å². The van der Waals surface area contributed by atoms with Crippen LogP contribution in [0.3, 0.4) is 0 Å². The number of nitrogens with zero attached hydrogens (tertiary/aromatic N) is 2. The van der Waals surface area contributed by atoms with E-state index < -0.39 is 0 Å². The Kier molecular flexibility index (Phi) is 4.01. The van der Waals surface area contributed by atoms with Crippen molar-refractivity contribution in [2.75, 3.05) is 0 Å². The molecule has 18 heavy (non-hydrogen) atoms. The molecular weight excluding hydrogens is 299 g/mol. The number of aromatic nitrogens is 2. The highest BCUT2D eigenvalue weighted by Gasteiger charge is 2.05. The summed E-state index contributed by atoms with van der Waals surface area (Å²) >= 11 is 3.30. The van der Waals surface area contributed by atoms with Crippen LogP contribution in [-0.4, -0.2) is 9.78 Å². The van der Waals surface area contributed by atoms with Crippen LogP contribution in [0.15, 0.2) is 24.3 Å². The lowest BCUT2D eigenvalue weighted by Crippen LogP contribution is -2.03. The molecule has 0 aliphatic carbocycles. The van der Waals surface area contributed by atoms with E-state index in [9.17, 15) is 4.39 Å². The molecule has 2 rings (SSSR count). The highest BCUT2D eigenvalue weighted by Crippen LogP contribution is 2.19. The fraction of sp³-hybridized carbons (Fsp3) is 0.308. The van der Waals surface area contributed by atoms with Gasteiger partial charge in [0, 0.05) is 18.4 Å². The first kappa shape index (κ1) is 13.1. The van der Waals surface area contributed by atoms with Crippen molar-refractivity contribution in [2.45, 2.75) is 18.9 Å². The maximum absolute atomic E-state index is 13.3. The number of ether oxygens (including phenoxy) is 1. The molecule has 0 bridgehead atoms. The van der Waals surface area contributed by atoms with Crippen molar-refractivity contribution in [1.29, 1.82) is 0 Å². The van der Waals surface area contributed by atoms with Crippen LogP contribution < -0.4 is 4.74 Å². The van der Waals surface area contributed by atoms with Crippen molar-refractivity contribution in [1.82, 2.24) is 9.78 Å². The molecule has 0 saturated heterocycles. The zero-order valence-electron chi connectivity index (χ0n) is 10.3. The number of aryl methyl sites for hydroxylation is 2. The first-order valence-corrected chi connectivity index (χ1v) is 6.68. The van der Waals surface area contributed by atoms with Gasteiger partial charge in [-0.05, 0) is 30.7 Å². The first-order chi connectivity index (χ1) is 8.58. The molecule has 0 atom stereocenters. The summed E-state index contributed by atoms with van der Waals surface area (Å²) in [5.41, 5.74) is 2.75. The summed E-state index contributed by atoms with van der Waals surface area (Å²) in [4.78, 5) is 0. The topological polar surface area (TPSA) is 27.1 Å². The monoisotopic (exact) mass is 312 g/mol. The van der Waals surface area contributed by atoms with E-state index in [4.69, 9.17) is 4.74 Å². The molecule has 3 nitrogen and oxygen atoms in total. The first-order valence-electron chi connectivity index (χ1n) is 5.56. The minimum absolute atomic E-state index is 0.289. The molecule has 2 aromatic rings. The fourth-order valence-electron chi connectivity index (χ4n) is 1.74. The Balaban J connectivity index is 2.10. The molecule has 0 amide bonds. The summed E-state index contributed by atoms with van der Waals surface area (Å²) in [5.74, 6) is 0.242. The predicted octanol–water partition coefficient (Wildman–Crippen LogP) is 3.34. The Hall–Kier alpha value is -1.36. The minimum atomic E-state index is -0.289. The molecule has 0 N–H and O–H groups in total. The van der Waals surface area contributed by atoms with E-state index in [-0.39, 0.29) is 5.82 Å². The van der Waals surface area contributed by atoms with Gasteiger partial charge in [-0.1, -0.05) is 15.9 Å². The Morgan fingerprint density at radius 3 is 2.72 bits per heavy atom. The normalized spacial score (nSPS) is 10.7. The van der Waals surface area contributed by atoms with Crippen molar-refractivity contribution < 1.29 is 9.13 Å². The second kappa shape index (κ2) is 5.52. The molecule has 0 spiro atoms. The maximum Gasteiger partial charge on any atom is 0.130 e. The summed E-state index contributed by atoms with van der Waals surface area (Å²) in [6.07, 6.45) is 0. The van der Waals surface area contributed by atoms with E-state index >= 15 is 0 Å². The highest BCUT2D eigenvalue weighted by atomic mass is 79.9. The second-order valence-electron chi connectivity index (χ2n) is 4.12. The SMILES string of the molecule is Cc1cc(COc2cc(F)cc(CBr)c2)n(C)n1. The van der Waals surface area contributed by atoms with Crippen LogP contribution in [0.5, 0.6) is 5.75 Å². The van der Waals surface area contributed by atoms with Crippen molar-refractivity contribution in [3.63, 3.8) is 0 Å². The van der Waals surface area contributed by atoms with E-state index in [0.717, 1.165) is 17.0 Å². The fourth-order valence-corrected chi connectivity index (χ4v) is 2.06. The molecular formula is C13H14BrFN2O. The zero-order valence-corrected chi connectivity index (χ0v) is 11.9. The predicted molar refractivity (Wildman–Crippen MR) is 71.3 cm³/mol. The van der Waals surface area contributed by atoms with Crippen LogP contribution in [-0.2, 0) is 19.0 Å². The molecule has 0 aliphatic heterocycles. The van der Waals surface area contributed by atoms with E-state index in [0.29, 0.717) is 17.7 Å². The summed E-state index contributed by atoms with van der Waals surface area (Å²) in [5, 5.41) is 4.83. The number of hydrogen-bond donors (Lipinski definition) is 0. The average Bonchev–Trinajstić information content (AvgIpc) is 2.64. The molecule has 0 aliphatic rings. The molecule has 5 heteroatoms. The van der Waals surface area contributed by atoms with Crippen LogP contribution in [0.2, 0.25) is 0 Å². The molecule has 1 aromatic carbocycles. The minimum Gasteiger partial charge on any atom is -0.487 e. The third kappa shape index (κ3) is 3.10. The maximum atomic E-state index is 13.3. The second-order valence-corrected chi connectivity index (χ2v) is 4.68. The van der Waals surface area contributed by atoms with Gasteiger partial charge in [0.2, 0.25) is 0 Å².